The highest BCUT2D eigenvalue weighted by Gasteiger charge is 2.25. The Labute approximate surface area is 157 Å². The standard InChI is InChI=1S/C20H24N4O3/c1-4-24-9-5-6-14(24)11-21-19(25)20-22-18(23-27-20)17-13(3)15-10-12(2)7-8-16(15)26-17/h7-8,10,14H,4-6,9,11H2,1-3H3,(H,21,25). The van der Waals surface area contributed by atoms with Gasteiger partial charge in [-0.15, -0.1) is 0 Å². The van der Waals surface area contributed by atoms with Crippen molar-refractivity contribution in [1.29, 1.82) is 0 Å². The quantitative estimate of drug-likeness (QED) is 0.744. The van der Waals surface area contributed by atoms with Crippen LogP contribution in [0.25, 0.3) is 22.6 Å². The average molecular weight is 368 g/mol. The molecule has 1 aromatic carbocycles. The number of furan rings is 1. The van der Waals surface area contributed by atoms with E-state index in [1.165, 1.54) is 6.42 Å². The Morgan fingerprint density at radius 3 is 3.04 bits per heavy atom. The molecule has 3 heterocycles. The number of benzene rings is 1. The minimum Gasteiger partial charge on any atom is -0.452 e. The number of aryl methyl sites for hydroxylation is 2. The zero-order valence-electron chi connectivity index (χ0n) is 15.9. The van der Waals surface area contributed by atoms with Crippen molar-refractivity contribution in [1.82, 2.24) is 20.4 Å². The van der Waals surface area contributed by atoms with Crippen molar-refractivity contribution in [3.63, 3.8) is 0 Å². The summed E-state index contributed by atoms with van der Waals surface area (Å²) in [6.07, 6.45) is 2.27. The van der Waals surface area contributed by atoms with Crippen LogP contribution < -0.4 is 5.32 Å². The lowest BCUT2D eigenvalue weighted by Crippen LogP contribution is -2.40. The van der Waals surface area contributed by atoms with Crippen LogP contribution in [0.2, 0.25) is 0 Å². The van der Waals surface area contributed by atoms with E-state index in [9.17, 15) is 4.79 Å². The number of fused-ring (bicyclic) bond motifs is 1. The maximum atomic E-state index is 12.4. The Bertz CT molecular complexity index is 975. The molecule has 1 amide bonds. The number of hydrogen-bond acceptors (Lipinski definition) is 6. The Hall–Kier alpha value is -2.67. The maximum Gasteiger partial charge on any atom is 0.316 e. The van der Waals surface area contributed by atoms with Gasteiger partial charge in [0.2, 0.25) is 5.82 Å². The first kappa shape index (κ1) is 17.7. The molecule has 0 saturated carbocycles. The van der Waals surface area contributed by atoms with Crippen LogP contribution in [0.15, 0.2) is 27.1 Å². The van der Waals surface area contributed by atoms with Crippen molar-refractivity contribution < 1.29 is 13.7 Å². The third-order valence-corrected chi connectivity index (χ3v) is 5.32. The van der Waals surface area contributed by atoms with Gasteiger partial charge in [0.1, 0.15) is 5.58 Å². The van der Waals surface area contributed by atoms with Gasteiger partial charge >= 0.3 is 11.8 Å². The van der Waals surface area contributed by atoms with Crippen molar-refractivity contribution in [3.8, 4) is 11.6 Å². The van der Waals surface area contributed by atoms with Gasteiger partial charge in [-0.05, 0) is 51.9 Å². The molecule has 0 bridgehead atoms. The first-order valence-electron chi connectivity index (χ1n) is 9.43. The van der Waals surface area contributed by atoms with Gasteiger partial charge in [0, 0.05) is 23.5 Å². The Kier molecular flexibility index (Phi) is 4.70. The molecule has 1 fully saturated rings. The molecule has 1 aliphatic heterocycles. The molecule has 1 atom stereocenters. The predicted octanol–water partition coefficient (Wildman–Crippen LogP) is 3.31. The molecule has 1 aliphatic rings. The number of amides is 1. The van der Waals surface area contributed by atoms with E-state index in [1.54, 1.807) is 0 Å². The summed E-state index contributed by atoms with van der Waals surface area (Å²) in [5.74, 6) is 0.442. The zero-order chi connectivity index (χ0) is 19.0. The summed E-state index contributed by atoms with van der Waals surface area (Å²) >= 11 is 0. The number of hydrogen-bond donors (Lipinski definition) is 1. The van der Waals surface area contributed by atoms with Crippen molar-refractivity contribution in [3.05, 3.63) is 35.2 Å². The van der Waals surface area contributed by atoms with Crippen molar-refractivity contribution in [2.75, 3.05) is 19.6 Å². The number of carbonyl (C=O) groups excluding carboxylic acids is 1. The summed E-state index contributed by atoms with van der Waals surface area (Å²) < 4.78 is 11.1. The highest BCUT2D eigenvalue weighted by molar-refractivity contribution is 5.90. The average Bonchev–Trinajstić information content (AvgIpc) is 3.39. The van der Waals surface area contributed by atoms with E-state index >= 15 is 0 Å². The summed E-state index contributed by atoms with van der Waals surface area (Å²) in [4.78, 5) is 19.0. The maximum absolute atomic E-state index is 12.4. The second kappa shape index (κ2) is 7.15. The number of rotatable bonds is 5. The summed E-state index contributed by atoms with van der Waals surface area (Å²) in [6, 6.07) is 6.36. The third kappa shape index (κ3) is 3.35. The van der Waals surface area contributed by atoms with E-state index in [1.807, 2.05) is 26.0 Å². The van der Waals surface area contributed by atoms with Crippen LogP contribution in [-0.4, -0.2) is 46.6 Å². The summed E-state index contributed by atoms with van der Waals surface area (Å²) in [6.45, 7) is 8.81. The van der Waals surface area contributed by atoms with Crippen LogP contribution in [0.4, 0.5) is 0 Å². The van der Waals surface area contributed by atoms with Gasteiger partial charge in [0.15, 0.2) is 5.76 Å². The Balaban J connectivity index is 1.50. The number of aromatic nitrogens is 2. The van der Waals surface area contributed by atoms with Crippen LogP contribution in [-0.2, 0) is 0 Å². The molecule has 1 unspecified atom stereocenters. The van der Waals surface area contributed by atoms with Gasteiger partial charge in [-0.25, -0.2) is 0 Å². The summed E-state index contributed by atoms with van der Waals surface area (Å²) in [5.41, 5.74) is 2.86. The van der Waals surface area contributed by atoms with E-state index in [0.29, 0.717) is 24.2 Å². The summed E-state index contributed by atoms with van der Waals surface area (Å²) in [5, 5.41) is 7.87. The molecule has 1 N–H and O–H groups in total. The SMILES string of the molecule is CCN1CCCC1CNC(=O)c1nc(-c2oc3ccc(C)cc3c2C)no1. The Morgan fingerprint density at radius 2 is 2.22 bits per heavy atom. The van der Waals surface area contributed by atoms with Crippen molar-refractivity contribution in [2.24, 2.45) is 0 Å². The highest BCUT2D eigenvalue weighted by Crippen LogP contribution is 2.32. The lowest BCUT2D eigenvalue weighted by Gasteiger charge is -2.22. The van der Waals surface area contributed by atoms with Gasteiger partial charge in [-0.3, -0.25) is 9.69 Å². The molecule has 0 radical (unpaired) electrons. The lowest BCUT2D eigenvalue weighted by molar-refractivity contribution is 0.0897. The van der Waals surface area contributed by atoms with Gasteiger partial charge < -0.3 is 14.3 Å². The van der Waals surface area contributed by atoms with Gasteiger partial charge in [-0.2, -0.15) is 4.98 Å². The van der Waals surface area contributed by atoms with Crippen LogP contribution in [0.5, 0.6) is 0 Å². The van der Waals surface area contributed by atoms with Gasteiger partial charge in [-0.1, -0.05) is 23.7 Å². The molecule has 0 spiro atoms. The van der Waals surface area contributed by atoms with Crippen LogP contribution >= 0.6 is 0 Å². The number of nitrogens with zero attached hydrogens (tertiary/aromatic N) is 3. The third-order valence-electron chi connectivity index (χ3n) is 5.32. The van der Waals surface area contributed by atoms with E-state index in [-0.39, 0.29) is 11.8 Å². The minimum atomic E-state index is -0.346. The van der Waals surface area contributed by atoms with Crippen LogP contribution in [0.1, 0.15) is 41.6 Å². The molecule has 1 saturated heterocycles. The molecular weight excluding hydrogens is 344 g/mol. The largest absolute Gasteiger partial charge is 0.452 e. The van der Waals surface area contributed by atoms with Gasteiger partial charge in [0.25, 0.3) is 0 Å². The molecule has 7 nitrogen and oxygen atoms in total. The minimum absolute atomic E-state index is 0.0397. The fourth-order valence-electron chi connectivity index (χ4n) is 3.78. The van der Waals surface area contributed by atoms with Gasteiger partial charge in [0.05, 0.1) is 0 Å². The van der Waals surface area contributed by atoms with Crippen molar-refractivity contribution >= 4 is 16.9 Å². The van der Waals surface area contributed by atoms with Crippen LogP contribution in [0.3, 0.4) is 0 Å². The molecule has 2 aromatic heterocycles. The zero-order valence-corrected chi connectivity index (χ0v) is 15.9. The van der Waals surface area contributed by atoms with Crippen LogP contribution in [0, 0.1) is 13.8 Å². The molecule has 3 aromatic rings. The molecule has 7 heteroatoms. The number of nitrogens with one attached hydrogen (secondary N) is 1. The fraction of sp³-hybridized carbons (Fsp3) is 0.450. The Morgan fingerprint density at radius 1 is 1.37 bits per heavy atom. The predicted molar refractivity (Wildman–Crippen MR) is 102 cm³/mol. The van der Waals surface area contributed by atoms with E-state index in [0.717, 1.165) is 41.6 Å². The number of likely N-dealkylation sites (N-methyl/N-ethyl adjacent to an activating group) is 1. The molecule has 4 rings (SSSR count). The smallest absolute Gasteiger partial charge is 0.316 e. The first-order valence-corrected chi connectivity index (χ1v) is 9.43. The summed E-state index contributed by atoms with van der Waals surface area (Å²) in [7, 11) is 0. The molecule has 0 aliphatic carbocycles. The fourth-order valence-corrected chi connectivity index (χ4v) is 3.78. The normalized spacial score (nSPS) is 17.7. The second-order valence-corrected chi connectivity index (χ2v) is 7.11. The van der Waals surface area contributed by atoms with E-state index in [4.69, 9.17) is 8.94 Å². The second-order valence-electron chi connectivity index (χ2n) is 7.11. The van der Waals surface area contributed by atoms with E-state index in [2.05, 4.69) is 33.3 Å². The van der Waals surface area contributed by atoms with Crippen molar-refractivity contribution in [2.45, 2.75) is 39.7 Å². The van der Waals surface area contributed by atoms with E-state index < -0.39 is 0 Å². The monoisotopic (exact) mass is 368 g/mol. The molecule has 142 valence electrons. The number of likely N-dealkylation sites (tertiary alicyclic amines) is 1. The molecule has 27 heavy (non-hydrogen) atoms. The lowest BCUT2D eigenvalue weighted by atomic mass is 10.1. The topological polar surface area (TPSA) is 84.4 Å². The molecular formula is C20H24N4O3. The first-order chi connectivity index (χ1) is 13.1. The number of carbonyl (C=O) groups is 1. The highest BCUT2D eigenvalue weighted by atomic mass is 16.5.